The number of amides is 4. The maximum atomic E-state index is 13.1. The fraction of sp³-hybridized carbons (Fsp3) is 0.591. The number of urea groups is 1. The summed E-state index contributed by atoms with van der Waals surface area (Å²) in [5.41, 5.74) is 0.0247. The molecule has 9 nitrogen and oxygen atoms in total. The largest absolute Gasteiger partial charge is 0.327 e. The number of sulfonamides is 1. The first-order valence-electron chi connectivity index (χ1n) is 11.1. The molecule has 0 radical (unpaired) electrons. The first-order valence-corrected chi connectivity index (χ1v) is 12.5. The summed E-state index contributed by atoms with van der Waals surface area (Å²) < 4.78 is 27.2. The first-order chi connectivity index (χ1) is 15.1. The summed E-state index contributed by atoms with van der Waals surface area (Å²) in [5.74, 6) is -0.878. The number of imide groups is 1. The van der Waals surface area contributed by atoms with Gasteiger partial charge in [0.15, 0.2) is 0 Å². The van der Waals surface area contributed by atoms with Crippen molar-refractivity contribution in [1.82, 2.24) is 14.1 Å². The lowest BCUT2D eigenvalue weighted by molar-refractivity contribution is -0.136. The van der Waals surface area contributed by atoms with Crippen LogP contribution in [0.5, 0.6) is 0 Å². The van der Waals surface area contributed by atoms with Gasteiger partial charge in [-0.3, -0.25) is 14.5 Å². The molecule has 1 saturated carbocycles. The summed E-state index contributed by atoms with van der Waals surface area (Å²) in [6.45, 7) is 5.50. The Morgan fingerprint density at radius 1 is 1.12 bits per heavy atom. The van der Waals surface area contributed by atoms with Gasteiger partial charge in [0.1, 0.15) is 12.1 Å². The molecule has 2 fully saturated rings. The summed E-state index contributed by atoms with van der Waals surface area (Å²) >= 11 is 0. The number of anilines is 1. The Bertz CT molecular complexity index is 1010. The Balaban J connectivity index is 1.77. The summed E-state index contributed by atoms with van der Waals surface area (Å²) in [4.78, 5) is 41.1. The predicted octanol–water partition coefficient (Wildman–Crippen LogP) is 2.56. The Kier molecular flexibility index (Phi) is 6.94. The van der Waals surface area contributed by atoms with Crippen molar-refractivity contribution < 1.29 is 22.8 Å². The van der Waals surface area contributed by atoms with E-state index in [0.29, 0.717) is 37.2 Å². The third-order valence-corrected chi connectivity index (χ3v) is 8.77. The van der Waals surface area contributed by atoms with Gasteiger partial charge in [0.2, 0.25) is 15.9 Å². The zero-order valence-electron chi connectivity index (χ0n) is 19.2. The standard InChI is InChI=1S/C22H32N4O5S/c1-5-25(6-2)32(30,31)18-14-17(11-10-16(18)3)23-19(27)15-26-20(28)22(24(4)21(26)29)12-8-7-9-13-22/h10-11,14H,5-9,12-13,15H2,1-4H3,(H,23,27). The van der Waals surface area contributed by atoms with E-state index < -0.39 is 34.0 Å². The van der Waals surface area contributed by atoms with Crippen molar-refractivity contribution in [3.05, 3.63) is 23.8 Å². The zero-order valence-corrected chi connectivity index (χ0v) is 20.0. The summed E-state index contributed by atoms with van der Waals surface area (Å²) in [6, 6.07) is 4.18. The number of hydrogen-bond acceptors (Lipinski definition) is 5. The number of nitrogens with one attached hydrogen (secondary N) is 1. The highest BCUT2D eigenvalue weighted by Crippen LogP contribution is 2.39. The molecule has 0 bridgehead atoms. The molecule has 1 aliphatic carbocycles. The van der Waals surface area contributed by atoms with E-state index in [-0.39, 0.29) is 10.8 Å². The quantitative estimate of drug-likeness (QED) is 0.624. The van der Waals surface area contributed by atoms with Gasteiger partial charge in [-0.2, -0.15) is 4.31 Å². The number of benzene rings is 1. The average molecular weight is 465 g/mol. The molecule has 4 amide bonds. The highest BCUT2D eigenvalue weighted by Gasteiger charge is 2.55. The van der Waals surface area contributed by atoms with Gasteiger partial charge in [0.05, 0.1) is 4.90 Å². The molecule has 0 atom stereocenters. The minimum absolute atomic E-state index is 0.119. The number of likely N-dealkylation sites (N-methyl/N-ethyl adjacent to an activating group) is 1. The second-order valence-electron chi connectivity index (χ2n) is 8.44. The van der Waals surface area contributed by atoms with Crippen molar-refractivity contribution >= 4 is 33.6 Å². The Labute approximate surface area is 189 Å². The van der Waals surface area contributed by atoms with Crippen molar-refractivity contribution in [3.63, 3.8) is 0 Å². The molecule has 1 spiro atoms. The summed E-state index contributed by atoms with van der Waals surface area (Å²) in [6.07, 6.45) is 3.99. The van der Waals surface area contributed by atoms with Crippen LogP contribution in [0.2, 0.25) is 0 Å². The molecular weight excluding hydrogens is 432 g/mol. The number of carbonyl (C=O) groups is 3. The van der Waals surface area contributed by atoms with Gasteiger partial charge in [0.25, 0.3) is 5.91 Å². The van der Waals surface area contributed by atoms with E-state index in [1.807, 2.05) is 0 Å². The lowest BCUT2D eigenvalue weighted by Gasteiger charge is -2.35. The topological polar surface area (TPSA) is 107 Å². The number of rotatable bonds is 7. The molecule has 0 aromatic heterocycles. The van der Waals surface area contributed by atoms with Crippen molar-refractivity contribution in [2.45, 2.75) is 63.3 Å². The van der Waals surface area contributed by atoms with E-state index in [2.05, 4.69) is 5.32 Å². The summed E-state index contributed by atoms with van der Waals surface area (Å²) in [7, 11) is -2.08. The third kappa shape index (κ3) is 4.13. The number of aryl methyl sites for hydroxylation is 1. The molecule has 1 heterocycles. The van der Waals surface area contributed by atoms with Crippen LogP contribution in [0.25, 0.3) is 0 Å². The van der Waals surface area contributed by atoms with Crippen LogP contribution in [0.15, 0.2) is 23.1 Å². The average Bonchev–Trinajstić information content (AvgIpc) is 2.92. The number of nitrogens with zero attached hydrogens (tertiary/aromatic N) is 3. The second-order valence-corrected chi connectivity index (χ2v) is 10.3. The van der Waals surface area contributed by atoms with Crippen molar-refractivity contribution in [2.75, 3.05) is 32.0 Å². The van der Waals surface area contributed by atoms with Gasteiger partial charge in [-0.25, -0.2) is 13.2 Å². The van der Waals surface area contributed by atoms with Crippen LogP contribution in [0, 0.1) is 6.92 Å². The Hall–Kier alpha value is -2.46. The van der Waals surface area contributed by atoms with Gasteiger partial charge in [-0.15, -0.1) is 0 Å². The van der Waals surface area contributed by atoms with Crippen molar-refractivity contribution in [2.24, 2.45) is 0 Å². The van der Waals surface area contributed by atoms with Gasteiger partial charge >= 0.3 is 6.03 Å². The minimum Gasteiger partial charge on any atom is -0.324 e. The second kappa shape index (κ2) is 9.19. The highest BCUT2D eigenvalue weighted by molar-refractivity contribution is 7.89. The van der Waals surface area contributed by atoms with E-state index in [4.69, 9.17) is 0 Å². The molecule has 1 saturated heterocycles. The van der Waals surface area contributed by atoms with Gasteiger partial charge in [-0.1, -0.05) is 39.2 Å². The highest BCUT2D eigenvalue weighted by atomic mass is 32.2. The SMILES string of the molecule is CCN(CC)S(=O)(=O)c1cc(NC(=O)CN2C(=O)N(C)C3(CCCCC3)C2=O)ccc1C. The number of carbonyl (C=O) groups excluding carboxylic acids is 3. The van der Waals surface area contributed by atoms with Gasteiger partial charge < -0.3 is 10.2 Å². The third-order valence-electron chi connectivity index (χ3n) is 6.58. The molecule has 1 aromatic carbocycles. The smallest absolute Gasteiger partial charge is 0.324 e. The first kappa shape index (κ1) is 24.2. The fourth-order valence-corrected chi connectivity index (χ4v) is 6.38. The Morgan fingerprint density at radius 2 is 1.75 bits per heavy atom. The van der Waals surface area contributed by atoms with Crippen LogP contribution in [0.4, 0.5) is 10.5 Å². The maximum Gasteiger partial charge on any atom is 0.327 e. The lowest BCUT2D eigenvalue weighted by Crippen LogP contribution is -2.49. The normalized spacial score (nSPS) is 18.7. The Morgan fingerprint density at radius 3 is 2.34 bits per heavy atom. The van der Waals surface area contributed by atoms with Crippen LogP contribution in [0.3, 0.4) is 0 Å². The van der Waals surface area contributed by atoms with Gasteiger partial charge in [-0.05, 0) is 37.5 Å². The van der Waals surface area contributed by atoms with Crippen LogP contribution in [0.1, 0.15) is 51.5 Å². The summed E-state index contributed by atoms with van der Waals surface area (Å²) in [5, 5.41) is 2.64. The molecule has 2 aliphatic rings. The predicted molar refractivity (Wildman–Crippen MR) is 121 cm³/mol. The van der Waals surface area contributed by atoms with E-state index in [1.165, 1.54) is 15.3 Å². The molecule has 1 aromatic rings. The molecule has 3 rings (SSSR count). The fourth-order valence-electron chi connectivity index (χ4n) is 4.67. The van der Waals surface area contributed by atoms with Crippen molar-refractivity contribution in [1.29, 1.82) is 0 Å². The molecule has 0 unspecified atom stereocenters. The van der Waals surface area contributed by atoms with E-state index in [1.54, 1.807) is 40.0 Å². The van der Waals surface area contributed by atoms with Crippen LogP contribution in [-0.4, -0.2) is 72.6 Å². The minimum atomic E-state index is -3.70. The lowest BCUT2D eigenvalue weighted by atomic mass is 9.81. The van der Waals surface area contributed by atoms with E-state index in [9.17, 15) is 22.8 Å². The number of hydrogen-bond donors (Lipinski definition) is 1. The van der Waals surface area contributed by atoms with Crippen LogP contribution in [-0.2, 0) is 19.6 Å². The molecule has 10 heteroatoms. The molecule has 32 heavy (non-hydrogen) atoms. The molecular formula is C22H32N4O5S. The zero-order chi connectivity index (χ0) is 23.7. The maximum absolute atomic E-state index is 13.1. The van der Waals surface area contributed by atoms with Crippen LogP contribution < -0.4 is 5.32 Å². The monoisotopic (exact) mass is 464 g/mol. The molecule has 1 N–H and O–H groups in total. The molecule has 176 valence electrons. The molecule has 1 aliphatic heterocycles. The van der Waals surface area contributed by atoms with E-state index >= 15 is 0 Å². The van der Waals surface area contributed by atoms with E-state index in [0.717, 1.165) is 24.2 Å². The van der Waals surface area contributed by atoms with Gasteiger partial charge in [0, 0.05) is 25.8 Å². The van der Waals surface area contributed by atoms with Crippen LogP contribution >= 0.6 is 0 Å². The van der Waals surface area contributed by atoms with Crippen molar-refractivity contribution in [3.8, 4) is 0 Å².